The molecule has 15 heavy (non-hydrogen) atoms. The summed E-state index contributed by atoms with van der Waals surface area (Å²) in [6, 6.07) is 0. The molecule has 0 spiro atoms. The van der Waals surface area contributed by atoms with Crippen LogP contribution in [0.3, 0.4) is 0 Å². The van der Waals surface area contributed by atoms with E-state index in [4.69, 9.17) is 5.73 Å². The topological polar surface area (TPSA) is 46.3 Å². The molecule has 1 rings (SSSR count). The van der Waals surface area contributed by atoms with Crippen LogP contribution < -0.4 is 5.73 Å². The SMILES string of the molecule is CCC1CCC(=O)N(C(C)(C)CN)CC1. The average molecular weight is 212 g/mol. The highest BCUT2D eigenvalue weighted by atomic mass is 16.2. The number of nitrogens with zero attached hydrogens (tertiary/aromatic N) is 1. The number of carbonyl (C=O) groups is 1. The summed E-state index contributed by atoms with van der Waals surface area (Å²) in [4.78, 5) is 13.9. The Morgan fingerprint density at radius 3 is 2.67 bits per heavy atom. The Balaban J connectivity index is 2.69. The molecule has 0 aliphatic carbocycles. The quantitative estimate of drug-likeness (QED) is 0.775. The van der Waals surface area contributed by atoms with E-state index in [1.54, 1.807) is 0 Å². The molecule has 0 saturated carbocycles. The molecule has 0 bridgehead atoms. The highest BCUT2D eigenvalue weighted by Crippen LogP contribution is 2.25. The summed E-state index contributed by atoms with van der Waals surface area (Å²) in [5, 5.41) is 0. The summed E-state index contributed by atoms with van der Waals surface area (Å²) in [5.41, 5.74) is 5.54. The molecule has 1 atom stereocenters. The molecule has 88 valence electrons. The van der Waals surface area contributed by atoms with Crippen LogP contribution >= 0.6 is 0 Å². The van der Waals surface area contributed by atoms with Crippen LogP contribution in [0.25, 0.3) is 0 Å². The monoisotopic (exact) mass is 212 g/mol. The van der Waals surface area contributed by atoms with Gasteiger partial charge in [0.25, 0.3) is 0 Å². The van der Waals surface area contributed by atoms with Crippen molar-refractivity contribution in [3.8, 4) is 0 Å². The maximum absolute atomic E-state index is 12.0. The molecule has 1 amide bonds. The highest BCUT2D eigenvalue weighted by molar-refractivity contribution is 5.77. The molecule has 1 saturated heterocycles. The lowest BCUT2D eigenvalue weighted by molar-refractivity contribution is -0.135. The Morgan fingerprint density at radius 2 is 2.13 bits per heavy atom. The van der Waals surface area contributed by atoms with Crippen LogP contribution in [0, 0.1) is 5.92 Å². The van der Waals surface area contributed by atoms with Crippen LogP contribution in [-0.4, -0.2) is 29.4 Å². The number of hydrogen-bond donors (Lipinski definition) is 1. The van der Waals surface area contributed by atoms with Crippen molar-refractivity contribution in [1.29, 1.82) is 0 Å². The molecule has 2 N–H and O–H groups in total. The Morgan fingerprint density at radius 1 is 1.47 bits per heavy atom. The number of nitrogens with two attached hydrogens (primary N) is 1. The average Bonchev–Trinajstić information content (AvgIpc) is 2.40. The molecule has 0 aromatic heterocycles. The van der Waals surface area contributed by atoms with Crippen molar-refractivity contribution in [2.24, 2.45) is 11.7 Å². The fourth-order valence-corrected chi connectivity index (χ4v) is 2.20. The number of carbonyl (C=O) groups excluding carboxylic acids is 1. The van der Waals surface area contributed by atoms with E-state index < -0.39 is 0 Å². The van der Waals surface area contributed by atoms with Gasteiger partial charge >= 0.3 is 0 Å². The second kappa shape index (κ2) is 4.97. The second-order valence-electron chi connectivity index (χ2n) is 5.16. The van der Waals surface area contributed by atoms with Gasteiger partial charge in [0.2, 0.25) is 5.91 Å². The Bertz CT molecular complexity index is 226. The zero-order valence-corrected chi connectivity index (χ0v) is 10.3. The Labute approximate surface area is 93.0 Å². The third kappa shape index (κ3) is 2.94. The molecule has 3 heteroatoms. The number of amides is 1. The zero-order chi connectivity index (χ0) is 11.5. The van der Waals surface area contributed by atoms with Gasteiger partial charge in [-0.25, -0.2) is 0 Å². The number of hydrogen-bond acceptors (Lipinski definition) is 2. The van der Waals surface area contributed by atoms with Crippen LogP contribution in [-0.2, 0) is 4.79 Å². The molecule has 0 aromatic carbocycles. The van der Waals surface area contributed by atoms with Crippen molar-refractivity contribution in [2.75, 3.05) is 13.1 Å². The van der Waals surface area contributed by atoms with E-state index in [2.05, 4.69) is 20.8 Å². The maximum atomic E-state index is 12.0. The van der Waals surface area contributed by atoms with Gasteiger partial charge in [-0.2, -0.15) is 0 Å². The van der Waals surface area contributed by atoms with Crippen molar-refractivity contribution < 1.29 is 4.79 Å². The van der Waals surface area contributed by atoms with Gasteiger partial charge in [-0.3, -0.25) is 4.79 Å². The summed E-state index contributed by atoms with van der Waals surface area (Å²) >= 11 is 0. The van der Waals surface area contributed by atoms with E-state index in [0.717, 1.165) is 19.4 Å². The van der Waals surface area contributed by atoms with E-state index in [9.17, 15) is 4.79 Å². The van der Waals surface area contributed by atoms with Crippen LogP contribution in [0.1, 0.15) is 46.5 Å². The maximum Gasteiger partial charge on any atom is 0.223 e. The highest BCUT2D eigenvalue weighted by Gasteiger charge is 2.31. The summed E-state index contributed by atoms with van der Waals surface area (Å²) in [6.07, 6.45) is 4.06. The Kier molecular flexibility index (Phi) is 4.14. The van der Waals surface area contributed by atoms with Crippen molar-refractivity contribution in [3.63, 3.8) is 0 Å². The molecule has 1 unspecified atom stereocenters. The molecule has 1 fully saturated rings. The summed E-state index contributed by atoms with van der Waals surface area (Å²) in [5.74, 6) is 0.994. The van der Waals surface area contributed by atoms with Crippen LogP contribution in [0.4, 0.5) is 0 Å². The zero-order valence-electron chi connectivity index (χ0n) is 10.3. The third-order valence-electron chi connectivity index (χ3n) is 3.64. The van der Waals surface area contributed by atoms with Gasteiger partial charge in [-0.05, 0) is 32.6 Å². The normalized spacial score (nSPS) is 24.1. The van der Waals surface area contributed by atoms with Crippen LogP contribution in [0.2, 0.25) is 0 Å². The van der Waals surface area contributed by atoms with Gasteiger partial charge in [0.05, 0.1) is 0 Å². The first-order valence-electron chi connectivity index (χ1n) is 6.01. The predicted molar refractivity (Wildman–Crippen MR) is 62.5 cm³/mol. The largest absolute Gasteiger partial charge is 0.336 e. The Hall–Kier alpha value is -0.570. The van der Waals surface area contributed by atoms with E-state index in [1.807, 2.05) is 4.90 Å². The molecule has 1 aliphatic heterocycles. The minimum Gasteiger partial charge on any atom is -0.336 e. The van der Waals surface area contributed by atoms with Gasteiger partial charge in [-0.15, -0.1) is 0 Å². The molecule has 3 nitrogen and oxygen atoms in total. The number of rotatable bonds is 3. The minimum atomic E-state index is -0.181. The lowest BCUT2D eigenvalue weighted by Gasteiger charge is -2.37. The molecular formula is C12H24N2O. The van der Waals surface area contributed by atoms with Gasteiger partial charge in [0, 0.05) is 25.0 Å². The van der Waals surface area contributed by atoms with Crippen molar-refractivity contribution >= 4 is 5.91 Å². The van der Waals surface area contributed by atoms with E-state index in [0.29, 0.717) is 18.9 Å². The number of likely N-dealkylation sites (tertiary alicyclic amines) is 1. The molecule has 0 aromatic rings. The van der Waals surface area contributed by atoms with E-state index in [-0.39, 0.29) is 11.4 Å². The molecule has 1 aliphatic rings. The van der Waals surface area contributed by atoms with Gasteiger partial charge in [0.15, 0.2) is 0 Å². The van der Waals surface area contributed by atoms with Crippen molar-refractivity contribution in [3.05, 3.63) is 0 Å². The van der Waals surface area contributed by atoms with Crippen molar-refractivity contribution in [1.82, 2.24) is 4.90 Å². The lowest BCUT2D eigenvalue weighted by atomic mass is 9.98. The summed E-state index contributed by atoms with van der Waals surface area (Å²) < 4.78 is 0. The third-order valence-corrected chi connectivity index (χ3v) is 3.64. The van der Waals surface area contributed by atoms with Crippen molar-refractivity contribution in [2.45, 2.75) is 52.0 Å². The first-order chi connectivity index (χ1) is 7.01. The standard InChI is InChI=1S/C12H24N2O/c1-4-10-5-6-11(15)14(8-7-10)12(2,3)9-13/h10H,4-9,13H2,1-3H3. The van der Waals surface area contributed by atoms with E-state index in [1.165, 1.54) is 6.42 Å². The van der Waals surface area contributed by atoms with Crippen LogP contribution in [0.15, 0.2) is 0 Å². The van der Waals surface area contributed by atoms with Gasteiger partial charge in [0.1, 0.15) is 0 Å². The van der Waals surface area contributed by atoms with Crippen LogP contribution in [0.5, 0.6) is 0 Å². The molecular weight excluding hydrogens is 188 g/mol. The minimum absolute atomic E-state index is 0.181. The van der Waals surface area contributed by atoms with Gasteiger partial charge in [-0.1, -0.05) is 13.3 Å². The molecule has 1 heterocycles. The predicted octanol–water partition coefficient (Wildman–Crippen LogP) is 1.76. The fraction of sp³-hybridized carbons (Fsp3) is 0.917. The smallest absolute Gasteiger partial charge is 0.223 e. The first-order valence-corrected chi connectivity index (χ1v) is 6.01. The lowest BCUT2D eigenvalue weighted by Crippen LogP contribution is -2.52. The summed E-state index contributed by atoms with van der Waals surface area (Å²) in [6.45, 7) is 7.73. The van der Waals surface area contributed by atoms with Gasteiger partial charge < -0.3 is 10.6 Å². The second-order valence-corrected chi connectivity index (χ2v) is 5.16. The first kappa shape index (κ1) is 12.5. The molecule has 0 radical (unpaired) electrons. The fourth-order valence-electron chi connectivity index (χ4n) is 2.20. The van der Waals surface area contributed by atoms with E-state index >= 15 is 0 Å². The summed E-state index contributed by atoms with van der Waals surface area (Å²) in [7, 11) is 0.